The van der Waals surface area contributed by atoms with Gasteiger partial charge in [-0.25, -0.2) is 4.79 Å². The largest absolute Gasteiger partial charge is 0.497 e. The van der Waals surface area contributed by atoms with E-state index in [1.165, 1.54) is 0 Å². The van der Waals surface area contributed by atoms with Gasteiger partial charge in [0.2, 0.25) is 5.91 Å². The highest BCUT2D eigenvalue weighted by atomic mass is 16.5. The average Bonchev–Trinajstić information content (AvgIpc) is 3.39. The maximum absolute atomic E-state index is 12.7. The van der Waals surface area contributed by atoms with Gasteiger partial charge in [-0.05, 0) is 43.4 Å². The Morgan fingerprint density at radius 1 is 1.33 bits per heavy atom. The molecule has 1 aliphatic heterocycles. The van der Waals surface area contributed by atoms with Crippen molar-refractivity contribution in [2.45, 2.75) is 32.2 Å². The molecule has 0 unspecified atom stereocenters. The predicted octanol–water partition coefficient (Wildman–Crippen LogP) is 1.54. The van der Waals surface area contributed by atoms with E-state index >= 15 is 0 Å². The molecule has 2 N–H and O–H groups in total. The van der Waals surface area contributed by atoms with Crippen molar-refractivity contribution in [2.24, 2.45) is 11.8 Å². The normalized spacial score (nSPS) is 24.5. The third kappa shape index (κ3) is 2.70. The van der Waals surface area contributed by atoms with Crippen molar-refractivity contribution in [3.63, 3.8) is 0 Å². The number of ether oxygens (including phenoxy) is 1. The molecule has 3 rings (SSSR count). The van der Waals surface area contributed by atoms with Gasteiger partial charge in [0.1, 0.15) is 11.3 Å². The van der Waals surface area contributed by atoms with Crippen molar-refractivity contribution in [1.82, 2.24) is 15.8 Å². The summed E-state index contributed by atoms with van der Waals surface area (Å²) < 4.78 is 5.10. The molecule has 2 atom stereocenters. The fraction of sp³-hybridized carbons (Fsp3) is 0.471. The van der Waals surface area contributed by atoms with Gasteiger partial charge < -0.3 is 10.1 Å². The number of hydrazine groups is 1. The van der Waals surface area contributed by atoms with Crippen LogP contribution in [0.2, 0.25) is 0 Å². The van der Waals surface area contributed by atoms with Crippen molar-refractivity contribution in [2.75, 3.05) is 7.11 Å². The quantitative estimate of drug-likeness (QED) is 0.801. The van der Waals surface area contributed by atoms with Crippen LogP contribution in [0, 0.1) is 11.8 Å². The minimum Gasteiger partial charge on any atom is -0.497 e. The van der Waals surface area contributed by atoms with Gasteiger partial charge >= 0.3 is 6.03 Å². The first-order chi connectivity index (χ1) is 11.4. The van der Waals surface area contributed by atoms with Crippen LogP contribution in [0.25, 0.3) is 0 Å². The van der Waals surface area contributed by atoms with Crippen LogP contribution in [0.3, 0.4) is 0 Å². The summed E-state index contributed by atoms with van der Waals surface area (Å²) in [6, 6.07) is 6.24. The minimum absolute atomic E-state index is 0.210. The SMILES string of the molecule is COc1ccc([C@@]2(C)NC(=O)N(NC(=O)[C@H](C)C3CC3)C2=O)cc1. The maximum Gasteiger partial charge on any atom is 0.344 e. The van der Waals surface area contributed by atoms with E-state index in [4.69, 9.17) is 4.74 Å². The topological polar surface area (TPSA) is 87.7 Å². The lowest BCUT2D eigenvalue weighted by atomic mass is 9.92. The van der Waals surface area contributed by atoms with Gasteiger partial charge in [-0.3, -0.25) is 15.0 Å². The fourth-order valence-electron chi connectivity index (χ4n) is 2.88. The van der Waals surface area contributed by atoms with Crippen LogP contribution < -0.4 is 15.5 Å². The van der Waals surface area contributed by atoms with Gasteiger partial charge in [0.25, 0.3) is 5.91 Å². The zero-order chi connectivity index (χ0) is 17.5. The molecule has 1 saturated carbocycles. The van der Waals surface area contributed by atoms with E-state index < -0.39 is 17.5 Å². The summed E-state index contributed by atoms with van der Waals surface area (Å²) in [5, 5.41) is 3.44. The number of amides is 4. The van der Waals surface area contributed by atoms with E-state index in [-0.39, 0.29) is 11.8 Å². The highest BCUT2D eigenvalue weighted by Gasteiger charge is 2.50. The summed E-state index contributed by atoms with van der Waals surface area (Å²) in [6.07, 6.45) is 2.02. The van der Waals surface area contributed by atoms with Gasteiger partial charge in [0.05, 0.1) is 7.11 Å². The van der Waals surface area contributed by atoms with Crippen molar-refractivity contribution >= 4 is 17.8 Å². The van der Waals surface area contributed by atoms with E-state index in [1.54, 1.807) is 38.3 Å². The first-order valence-electron chi connectivity index (χ1n) is 7.98. The second kappa shape index (κ2) is 5.81. The van der Waals surface area contributed by atoms with Gasteiger partial charge in [-0.1, -0.05) is 19.1 Å². The number of imide groups is 1. The monoisotopic (exact) mass is 331 g/mol. The van der Waals surface area contributed by atoms with Crippen LogP contribution in [0.15, 0.2) is 24.3 Å². The molecule has 1 aromatic rings. The summed E-state index contributed by atoms with van der Waals surface area (Å²) in [7, 11) is 1.55. The Morgan fingerprint density at radius 3 is 2.50 bits per heavy atom. The number of carbonyl (C=O) groups is 3. The molecule has 1 heterocycles. The van der Waals surface area contributed by atoms with Crippen LogP contribution in [0.4, 0.5) is 4.79 Å². The van der Waals surface area contributed by atoms with E-state index in [9.17, 15) is 14.4 Å². The first-order valence-corrected chi connectivity index (χ1v) is 7.98. The van der Waals surface area contributed by atoms with Crippen LogP contribution in [0.5, 0.6) is 5.75 Å². The molecule has 0 aromatic heterocycles. The highest BCUT2D eigenvalue weighted by molar-refractivity contribution is 6.08. The molecule has 7 heteroatoms. The minimum atomic E-state index is -1.22. The summed E-state index contributed by atoms with van der Waals surface area (Å²) in [5.74, 6) is -0.0197. The summed E-state index contributed by atoms with van der Waals surface area (Å²) in [6.45, 7) is 3.43. The molecule has 1 aliphatic carbocycles. The Labute approximate surface area is 140 Å². The number of nitrogens with zero attached hydrogens (tertiary/aromatic N) is 1. The summed E-state index contributed by atoms with van der Waals surface area (Å²) >= 11 is 0. The van der Waals surface area contributed by atoms with Crippen LogP contribution in [0.1, 0.15) is 32.3 Å². The van der Waals surface area contributed by atoms with E-state index in [0.29, 0.717) is 17.2 Å². The maximum atomic E-state index is 12.7. The second-order valence-corrected chi connectivity index (χ2v) is 6.53. The smallest absolute Gasteiger partial charge is 0.344 e. The van der Waals surface area contributed by atoms with Crippen LogP contribution in [-0.2, 0) is 15.1 Å². The van der Waals surface area contributed by atoms with Gasteiger partial charge in [-0.2, -0.15) is 5.01 Å². The van der Waals surface area contributed by atoms with E-state index in [0.717, 1.165) is 17.9 Å². The average molecular weight is 331 g/mol. The second-order valence-electron chi connectivity index (χ2n) is 6.53. The zero-order valence-corrected chi connectivity index (χ0v) is 14.0. The van der Waals surface area contributed by atoms with Gasteiger partial charge in [-0.15, -0.1) is 0 Å². The number of urea groups is 1. The molecule has 0 spiro atoms. The Morgan fingerprint density at radius 2 is 1.96 bits per heavy atom. The van der Waals surface area contributed by atoms with Crippen LogP contribution in [-0.4, -0.2) is 30.0 Å². The lowest BCUT2D eigenvalue weighted by molar-refractivity contribution is -0.140. The summed E-state index contributed by atoms with van der Waals surface area (Å²) in [4.78, 5) is 37.1. The molecular formula is C17H21N3O4. The molecule has 1 saturated heterocycles. The zero-order valence-electron chi connectivity index (χ0n) is 14.0. The predicted molar refractivity (Wildman–Crippen MR) is 85.8 cm³/mol. The Hall–Kier alpha value is -2.57. The molecule has 24 heavy (non-hydrogen) atoms. The lowest BCUT2D eigenvalue weighted by Gasteiger charge is -2.23. The number of methoxy groups -OCH3 is 1. The van der Waals surface area contributed by atoms with E-state index in [2.05, 4.69) is 10.7 Å². The lowest BCUT2D eigenvalue weighted by Crippen LogP contribution is -2.49. The third-order valence-corrected chi connectivity index (χ3v) is 4.82. The first kappa shape index (κ1) is 16.3. The number of carbonyl (C=O) groups excluding carboxylic acids is 3. The standard InChI is InChI=1S/C17H21N3O4/c1-10(11-4-5-11)14(21)19-20-15(22)17(2,18-16(20)23)12-6-8-13(24-3)9-7-12/h6-11H,4-5H2,1-3H3,(H,18,23)(H,19,21)/t10-,17-/m1/s1. The summed E-state index contributed by atoms with van der Waals surface area (Å²) in [5.41, 5.74) is 1.85. The fourth-order valence-corrected chi connectivity index (χ4v) is 2.88. The van der Waals surface area contributed by atoms with Crippen molar-refractivity contribution in [3.8, 4) is 5.75 Å². The number of benzene rings is 1. The molecule has 2 aliphatic rings. The molecular weight excluding hydrogens is 310 g/mol. The van der Waals surface area contributed by atoms with Crippen molar-refractivity contribution in [3.05, 3.63) is 29.8 Å². The molecule has 0 bridgehead atoms. The number of rotatable bonds is 5. The van der Waals surface area contributed by atoms with E-state index in [1.807, 2.05) is 6.92 Å². The molecule has 1 aromatic carbocycles. The number of nitrogens with one attached hydrogen (secondary N) is 2. The molecule has 4 amide bonds. The van der Waals surface area contributed by atoms with Crippen molar-refractivity contribution < 1.29 is 19.1 Å². The molecule has 2 fully saturated rings. The Bertz CT molecular complexity index is 684. The number of hydrogen-bond donors (Lipinski definition) is 2. The Balaban J connectivity index is 1.77. The van der Waals surface area contributed by atoms with Crippen LogP contribution >= 0.6 is 0 Å². The van der Waals surface area contributed by atoms with Gasteiger partial charge in [0, 0.05) is 5.92 Å². The number of hydrogen-bond acceptors (Lipinski definition) is 4. The molecule has 128 valence electrons. The van der Waals surface area contributed by atoms with Gasteiger partial charge in [0.15, 0.2) is 0 Å². The molecule has 7 nitrogen and oxygen atoms in total. The Kier molecular flexibility index (Phi) is 3.95. The van der Waals surface area contributed by atoms with Crippen molar-refractivity contribution in [1.29, 1.82) is 0 Å². The third-order valence-electron chi connectivity index (χ3n) is 4.82. The molecule has 0 radical (unpaired) electrons. The highest BCUT2D eigenvalue weighted by Crippen LogP contribution is 2.37.